The van der Waals surface area contributed by atoms with E-state index in [4.69, 9.17) is 0 Å². The first kappa shape index (κ1) is 12.0. The van der Waals surface area contributed by atoms with Crippen LogP contribution < -0.4 is 5.32 Å². The summed E-state index contributed by atoms with van der Waals surface area (Å²) in [6, 6.07) is 9.05. The highest BCUT2D eigenvalue weighted by molar-refractivity contribution is 9.10. The molecule has 0 radical (unpaired) electrons. The molecule has 1 fully saturated rings. The van der Waals surface area contributed by atoms with Gasteiger partial charge in [0.2, 0.25) is 0 Å². The summed E-state index contributed by atoms with van der Waals surface area (Å²) in [6.45, 7) is 2.07. The molecule has 1 aromatic carbocycles. The average Bonchev–Trinajstić information content (AvgIpc) is 3.12. The van der Waals surface area contributed by atoms with Gasteiger partial charge in [-0.05, 0) is 24.5 Å². The molecule has 1 saturated carbocycles. The first-order valence-electron chi connectivity index (χ1n) is 6.52. The molecular formula is C14H18BrN3. The van der Waals surface area contributed by atoms with Crippen molar-refractivity contribution < 1.29 is 0 Å². The van der Waals surface area contributed by atoms with Crippen LogP contribution in [0.5, 0.6) is 0 Å². The highest BCUT2D eigenvalue weighted by Gasteiger charge is 2.40. The monoisotopic (exact) mass is 307 g/mol. The van der Waals surface area contributed by atoms with E-state index in [1.807, 2.05) is 0 Å². The van der Waals surface area contributed by atoms with Crippen molar-refractivity contribution in [1.82, 2.24) is 10.2 Å². The number of benzene rings is 1. The highest BCUT2D eigenvalue weighted by atomic mass is 79.9. The van der Waals surface area contributed by atoms with Gasteiger partial charge in [-0.1, -0.05) is 34.1 Å². The molecule has 0 aromatic heterocycles. The van der Waals surface area contributed by atoms with Gasteiger partial charge in [0.15, 0.2) is 5.96 Å². The van der Waals surface area contributed by atoms with E-state index in [0.29, 0.717) is 12.0 Å². The Balaban J connectivity index is 1.65. The van der Waals surface area contributed by atoms with Crippen molar-refractivity contribution in [1.29, 1.82) is 0 Å². The summed E-state index contributed by atoms with van der Waals surface area (Å²) in [4.78, 5) is 6.78. The van der Waals surface area contributed by atoms with Crippen molar-refractivity contribution in [2.75, 3.05) is 20.1 Å². The summed E-state index contributed by atoms with van der Waals surface area (Å²) in [7, 11) is 2.11. The zero-order valence-electron chi connectivity index (χ0n) is 10.6. The van der Waals surface area contributed by atoms with E-state index in [2.05, 4.69) is 62.5 Å². The number of guanidine groups is 1. The number of hydrogen-bond donors (Lipinski definition) is 1. The molecule has 2 atom stereocenters. The van der Waals surface area contributed by atoms with Crippen molar-refractivity contribution in [3.8, 4) is 0 Å². The van der Waals surface area contributed by atoms with Crippen LogP contribution in [0.4, 0.5) is 0 Å². The Bertz CT molecular complexity index is 472. The molecule has 1 N–H and O–H groups in total. The summed E-state index contributed by atoms with van der Waals surface area (Å²) in [6.07, 6.45) is 2.37. The second-order valence-electron chi connectivity index (χ2n) is 5.09. The van der Waals surface area contributed by atoms with E-state index in [-0.39, 0.29) is 0 Å². The van der Waals surface area contributed by atoms with Crippen molar-refractivity contribution in [2.45, 2.75) is 24.8 Å². The third-order valence-electron chi connectivity index (χ3n) is 3.68. The maximum atomic E-state index is 4.56. The minimum absolute atomic E-state index is 0.544. The van der Waals surface area contributed by atoms with E-state index in [9.17, 15) is 0 Å². The fourth-order valence-electron chi connectivity index (χ4n) is 2.52. The fraction of sp³-hybridized carbons (Fsp3) is 0.500. The second-order valence-corrected chi connectivity index (χ2v) is 5.95. The van der Waals surface area contributed by atoms with Crippen LogP contribution in [-0.4, -0.2) is 37.0 Å². The number of rotatable bonds is 2. The van der Waals surface area contributed by atoms with E-state index in [0.717, 1.165) is 19.0 Å². The predicted octanol–water partition coefficient (Wildman–Crippen LogP) is 2.59. The zero-order chi connectivity index (χ0) is 12.5. The molecule has 1 aromatic rings. The van der Waals surface area contributed by atoms with Crippen molar-refractivity contribution >= 4 is 21.9 Å². The lowest BCUT2D eigenvalue weighted by molar-refractivity contribution is 0.445. The molecule has 3 nitrogen and oxygen atoms in total. The Hall–Kier alpha value is -1.03. The van der Waals surface area contributed by atoms with E-state index < -0.39 is 0 Å². The molecule has 0 amide bonds. The van der Waals surface area contributed by atoms with Gasteiger partial charge >= 0.3 is 0 Å². The molecule has 2 aliphatic rings. The lowest BCUT2D eigenvalue weighted by atomic mass is 10.1. The second kappa shape index (κ2) is 4.92. The average molecular weight is 308 g/mol. The summed E-state index contributed by atoms with van der Waals surface area (Å²) >= 11 is 3.63. The lowest BCUT2D eigenvalue weighted by Gasteiger charge is -2.25. The Kier molecular flexibility index (Phi) is 3.29. The maximum Gasteiger partial charge on any atom is 0.193 e. The smallest absolute Gasteiger partial charge is 0.193 e. The predicted molar refractivity (Wildman–Crippen MR) is 78.0 cm³/mol. The molecule has 96 valence electrons. The minimum atomic E-state index is 0.544. The molecule has 0 unspecified atom stereocenters. The highest BCUT2D eigenvalue weighted by Crippen LogP contribution is 2.43. The van der Waals surface area contributed by atoms with E-state index in [1.54, 1.807) is 0 Å². The number of halogens is 1. The molecule has 0 saturated heterocycles. The molecule has 3 rings (SSSR count). The number of nitrogens with zero attached hydrogens (tertiary/aromatic N) is 2. The SMILES string of the molecule is CN1CCCN=C1N[C@@H]1C[C@H]1c1ccccc1Br. The molecule has 0 bridgehead atoms. The first-order chi connectivity index (χ1) is 8.75. The van der Waals surface area contributed by atoms with Crippen molar-refractivity contribution in [3.05, 3.63) is 34.3 Å². The third-order valence-corrected chi connectivity index (χ3v) is 4.41. The van der Waals surface area contributed by atoms with Crippen molar-refractivity contribution in [3.63, 3.8) is 0 Å². The maximum absolute atomic E-state index is 4.56. The Morgan fingerprint density at radius 2 is 2.22 bits per heavy atom. The minimum Gasteiger partial charge on any atom is -0.353 e. The van der Waals surface area contributed by atoms with Crippen LogP contribution in [-0.2, 0) is 0 Å². The van der Waals surface area contributed by atoms with Crippen LogP contribution in [0.1, 0.15) is 24.3 Å². The lowest BCUT2D eigenvalue weighted by Crippen LogP contribution is -2.43. The topological polar surface area (TPSA) is 27.6 Å². The molecule has 4 heteroatoms. The summed E-state index contributed by atoms with van der Waals surface area (Å²) in [5.41, 5.74) is 1.41. The molecule has 0 spiro atoms. The Morgan fingerprint density at radius 3 is 3.00 bits per heavy atom. The van der Waals surface area contributed by atoms with Crippen LogP contribution in [0.3, 0.4) is 0 Å². The van der Waals surface area contributed by atoms with E-state index in [1.165, 1.54) is 22.9 Å². The van der Waals surface area contributed by atoms with Gasteiger partial charge in [-0.3, -0.25) is 4.99 Å². The van der Waals surface area contributed by atoms with Gasteiger partial charge in [-0.2, -0.15) is 0 Å². The zero-order valence-corrected chi connectivity index (χ0v) is 12.2. The third kappa shape index (κ3) is 2.39. The van der Waals surface area contributed by atoms with E-state index >= 15 is 0 Å². The van der Waals surface area contributed by atoms with Crippen LogP contribution in [0.15, 0.2) is 33.7 Å². The number of aliphatic imine (C=N–C) groups is 1. The fourth-order valence-corrected chi connectivity index (χ4v) is 3.09. The quantitative estimate of drug-likeness (QED) is 0.909. The van der Waals surface area contributed by atoms with Crippen LogP contribution in [0.25, 0.3) is 0 Å². The van der Waals surface area contributed by atoms with Gasteiger partial charge < -0.3 is 10.2 Å². The normalized spacial score (nSPS) is 26.8. The van der Waals surface area contributed by atoms with Gasteiger partial charge in [-0.15, -0.1) is 0 Å². The van der Waals surface area contributed by atoms with Crippen LogP contribution in [0.2, 0.25) is 0 Å². The number of hydrogen-bond acceptors (Lipinski definition) is 3. The van der Waals surface area contributed by atoms with Crippen LogP contribution >= 0.6 is 15.9 Å². The van der Waals surface area contributed by atoms with Gasteiger partial charge in [-0.25, -0.2) is 0 Å². The summed E-state index contributed by atoms with van der Waals surface area (Å²) < 4.78 is 1.22. The van der Waals surface area contributed by atoms with Crippen molar-refractivity contribution in [2.24, 2.45) is 4.99 Å². The van der Waals surface area contributed by atoms with Gasteiger partial charge in [0.25, 0.3) is 0 Å². The van der Waals surface area contributed by atoms with Gasteiger partial charge in [0, 0.05) is 36.6 Å². The van der Waals surface area contributed by atoms with Gasteiger partial charge in [0.05, 0.1) is 0 Å². The largest absolute Gasteiger partial charge is 0.353 e. The first-order valence-corrected chi connectivity index (χ1v) is 7.31. The Labute approximate surface area is 116 Å². The summed E-state index contributed by atoms with van der Waals surface area (Å²) in [5.74, 6) is 1.69. The molecule has 18 heavy (non-hydrogen) atoms. The molecular weight excluding hydrogens is 290 g/mol. The Morgan fingerprint density at radius 1 is 1.39 bits per heavy atom. The molecule has 1 heterocycles. The standard InChI is InChI=1S/C14H18BrN3/c1-18-8-4-7-16-14(18)17-13-9-11(13)10-5-2-3-6-12(10)15/h2-3,5-6,11,13H,4,7-9H2,1H3,(H,16,17)/t11-,13+/m0/s1. The summed E-state index contributed by atoms with van der Waals surface area (Å²) in [5, 5.41) is 3.57. The van der Waals surface area contributed by atoms with Crippen LogP contribution in [0, 0.1) is 0 Å². The molecule has 1 aliphatic heterocycles. The number of nitrogens with one attached hydrogen (secondary N) is 1. The van der Waals surface area contributed by atoms with Gasteiger partial charge in [0.1, 0.15) is 0 Å². The molecule has 1 aliphatic carbocycles.